The summed E-state index contributed by atoms with van der Waals surface area (Å²) < 4.78 is 0. The zero-order valence-electron chi connectivity index (χ0n) is 12.5. The largest absolute Gasteiger partial charge is 0.314 e. The predicted molar refractivity (Wildman–Crippen MR) is 81.0 cm³/mol. The number of hydrogen-bond donors (Lipinski definition) is 1. The summed E-state index contributed by atoms with van der Waals surface area (Å²) in [6.45, 7) is 10.1. The maximum Gasteiger partial charge on any atom is 0.0110 e. The minimum Gasteiger partial charge on any atom is -0.314 e. The van der Waals surface area contributed by atoms with Crippen LogP contribution < -0.4 is 5.32 Å². The average molecular weight is 247 g/mol. The van der Waals surface area contributed by atoms with Gasteiger partial charge < -0.3 is 5.32 Å². The second-order valence-corrected chi connectivity index (χ2v) is 5.37. The second kappa shape index (κ2) is 8.31. The van der Waals surface area contributed by atoms with Gasteiger partial charge in [-0.2, -0.15) is 0 Å². The predicted octanol–water partition coefficient (Wildman–Crippen LogP) is 4.34. The van der Waals surface area contributed by atoms with Crippen molar-refractivity contribution in [1.82, 2.24) is 5.32 Å². The van der Waals surface area contributed by atoms with Crippen molar-refractivity contribution in [2.75, 3.05) is 6.54 Å². The number of hydrogen-bond acceptors (Lipinski definition) is 1. The molecule has 1 nitrogen and oxygen atoms in total. The van der Waals surface area contributed by atoms with Crippen molar-refractivity contribution in [1.29, 1.82) is 0 Å². The smallest absolute Gasteiger partial charge is 0.0110 e. The van der Waals surface area contributed by atoms with Crippen molar-refractivity contribution < 1.29 is 0 Å². The first-order chi connectivity index (χ1) is 8.69. The first-order valence-corrected chi connectivity index (χ1v) is 7.48. The van der Waals surface area contributed by atoms with Crippen LogP contribution in [-0.4, -0.2) is 12.6 Å². The van der Waals surface area contributed by atoms with Crippen LogP contribution in [-0.2, 0) is 6.42 Å². The van der Waals surface area contributed by atoms with Gasteiger partial charge >= 0.3 is 0 Å². The highest BCUT2D eigenvalue weighted by Gasteiger charge is 2.13. The van der Waals surface area contributed by atoms with E-state index in [1.807, 2.05) is 0 Å². The third-order valence-electron chi connectivity index (χ3n) is 3.83. The highest BCUT2D eigenvalue weighted by Crippen LogP contribution is 2.18. The maximum absolute atomic E-state index is 3.65. The van der Waals surface area contributed by atoms with Gasteiger partial charge in [-0.05, 0) is 37.8 Å². The molecule has 0 aliphatic heterocycles. The molecule has 18 heavy (non-hydrogen) atoms. The Morgan fingerprint density at radius 2 is 1.83 bits per heavy atom. The molecule has 1 heteroatoms. The van der Waals surface area contributed by atoms with E-state index in [4.69, 9.17) is 0 Å². The van der Waals surface area contributed by atoms with Crippen LogP contribution in [0.25, 0.3) is 0 Å². The molecule has 0 bridgehead atoms. The normalized spacial score (nSPS) is 12.9. The van der Waals surface area contributed by atoms with E-state index >= 15 is 0 Å². The zero-order chi connectivity index (χ0) is 13.4. The van der Waals surface area contributed by atoms with E-state index in [-0.39, 0.29) is 0 Å². The van der Waals surface area contributed by atoms with Crippen molar-refractivity contribution in [3.05, 3.63) is 35.4 Å². The van der Waals surface area contributed by atoms with Crippen LogP contribution in [0.1, 0.15) is 51.2 Å². The quantitative estimate of drug-likeness (QED) is 0.720. The van der Waals surface area contributed by atoms with Gasteiger partial charge in [-0.3, -0.25) is 0 Å². The molecular formula is C17H29N. The van der Waals surface area contributed by atoms with Gasteiger partial charge in [0.15, 0.2) is 0 Å². The molecule has 0 aliphatic carbocycles. The Hall–Kier alpha value is -0.820. The SMILES string of the molecule is CCNC(Cc1cccc(C)c1)CC(CC)CC. The first kappa shape index (κ1) is 15.2. The molecule has 0 saturated carbocycles. The Kier molecular flexibility index (Phi) is 7.04. The molecule has 0 fully saturated rings. The Morgan fingerprint density at radius 1 is 1.11 bits per heavy atom. The van der Waals surface area contributed by atoms with E-state index < -0.39 is 0 Å². The summed E-state index contributed by atoms with van der Waals surface area (Å²) in [5.74, 6) is 0.860. The van der Waals surface area contributed by atoms with Crippen molar-refractivity contribution in [3.63, 3.8) is 0 Å². The lowest BCUT2D eigenvalue weighted by Gasteiger charge is -2.23. The summed E-state index contributed by atoms with van der Waals surface area (Å²) in [6, 6.07) is 9.54. The third kappa shape index (κ3) is 5.22. The fourth-order valence-electron chi connectivity index (χ4n) is 2.68. The van der Waals surface area contributed by atoms with Crippen molar-refractivity contribution in [3.8, 4) is 0 Å². The van der Waals surface area contributed by atoms with Crippen molar-refractivity contribution >= 4 is 0 Å². The van der Waals surface area contributed by atoms with Crippen LogP contribution in [0.5, 0.6) is 0 Å². The standard InChI is InChI=1S/C17H29N/c1-5-15(6-2)12-17(18-7-3)13-16-10-8-9-14(4)11-16/h8-11,15,17-18H,5-7,12-13H2,1-4H3. The van der Waals surface area contributed by atoms with Gasteiger partial charge in [0.25, 0.3) is 0 Å². The molecule has 1 aromatic carbocycles. The Balaban J connectivity index is 2.61. The van der Waals surface area contributed by atoms with Gasteiger partial charge in [0.1, 0.15) is 0 Å². The van der Waals surface area contributed by atoms with Crippen LogP contribution in [0.15, 0.2) is 24.3 Å². The minimum absolute atomic E-state index is 0.627. The van der Waals surface area contributed by atoms with Crippen LogP contribution in [0.2, 0.25) is 0 Å². The fraction of sp³-hybridized carbons (Fsp3) is 0.647. The molecule has 1 unspecified atom stereocenters. The van der Waals surface area contributed by atoms with Crippen LogP contribution in [0.3, 0.4) is 0 Å². The molecule has 0 amide bonds. The van der Waals surface area contributed by atoms with Gasteiger partial charge in [0.05, 0.1) is 0 Å². The van der Waals surface area contributed by atoms with Gasteiger partial charge in [-0.15, -0.1) is 0 Å². The molecule has 1 atom stereocenters. The monoisotopic (exact) mass is 247 g/mol. The molecule has 0 radical (unpaired) electrons. The molecule has 0 aliphatic rings. The first-order valence-electron chi connectivity index (χ1n) is 7.48. The number of likely N-dealkylation sites (N-methyl/N-ethyl adjacent to an activating group) is 1. The molecule has 1 N–H and O–H groups in total. The van der Waals surface area contributed by atoms with E-state index in [2.05, 4.69) is 57.3 Å². The lowest BCUT2D eigenvalue weighted by Crippen LogP contribution is -2.33. The number of rotatable bonds is 8. The molecule has 0 spiro atoms. The van der Waals surface area contributed by atoms with E-state index in [0.29, 0.717) is 6.04 Å². The summed E-state index contributed by atoms with van der Waals surface area (Å²) in [7, 11) is 0. The zero-order valence-corrected chi connectivity index (χ0v) is 12.5. The van der Waals surface area contributed by atoms with Crippen LogP contribution >= 0.6 is 0 Å². The molecule has 0 aromatic heterocycles. The molecule has 1 rings (SSSR count). The van der Waals surface area contributed by atoms with Gasteiger partial charge in [0, 0.05) is 6.04 Å². The number of nitrogens with one attached hydrogen (secondary N) is 1. The molecule has 0 heterocycles. The molecular weight excluding hydrogens is 218 g/mol. The highest BCUT2D eigenvalue weighted by molar-refractivity contribution is 5.23. The molecule has 1 aromatic rings. The Labute approximate surface area is 113 Å². The molecule has 0 saturated heterocycles. The van der Waals surface area contributed by atoms with E-state index in [1.54, 1.807) is 0 Å². The van der Waals surface area contributed by atoms with Gasteiger partial charge in [-0.25, -0.2) is 0 Å². The Morgan fingerprint density at radius 3 is 2.39 bits per heavy atom. The summed E-state index contributed by atoms with van der Waals surface area (Å²) >= 11 is 0. The van der Waals surface area contributed by atoms with Crippen LogP contribution in [0, 0.1) is 12.8 Å². The number of benzene rings is 1. The Bertz CT molecular complexity index is 328. The van der Waals surface area contributed by atoms with Gasteiger partial charge in [0.2, 0.25) is 0 Å². The van der Waals surface area contributed by atoms with Crippen molar-refractivity contribution in [2.24, 2.45) is 5.92 Å². The third-order valence-corrected chi connectivity index (χ3v) is 3.83. The molecule has 102 valence electrons. The van der Waals surface area contributed by atoms with E-state index in [1.165, 1.54) is 30.4 Å². The van der Waals surface area contributed by atoms with E-state index in [0.717, 1.165) is 18.9 Å². The summed E-state index contributed by atoms with van der Waals surface area (Å²) in [5.41, 5.74) is 2.83. The summed E-state index contributed by atoms with van der Waals surface area (Å²) in [6.07, 6.45) is 5.05. The minimum atomic E-state index is 0.627. The second-order valence-electron chi connectivity index (χ2n) is 5.37. The number of aryl methyl sites for hydroxylation is 1. The summed E-state index contributed by atoms with van der Waals surface area (Å²) in [4.78, 5) is 0. The average Bonchev–Trinajstić information content (AvgIpc) is 2.36. The topological polar surface area (TPSA) is 12.0 Å². The van der Waals surface area contributed by atoms with E-state index in [9.17, 15) is 0 Å². The maximum atomic E-state index is 3.65. The lowest BCUT2D eigenvalue weighted by atomic mass is 9.91. The highest BCUT2D eigenvalue weighted by atomic mass is 14.9. The lowest BCUT2D eigenvalue weighted by molar-refractivity contribution is 0.367. The van der Waals surface area contributed by atoms with Crippen molar-refractivity contribution in [2.45, 2.75) is 59.4 Å². The summed E-state index contributed by atoms with van der Waals surface area (Å²) in [5, 5.41) is 3.65. The van der Waals surface area contributed by atoms with Crippen LogP contribution in [0.4, 0.5) is 0 Å². The fourth-order valence-corrected chi connectivity index (χ4v) is 2.68. The van der Waals surface area contributed by atoms with Gasteiger partial charge in [-0.1, -0.05) is 63.4 Å².